The molecule has 0 atom stereocenters. The van der Waals surface area contributed by atoms with Gasteiger partial charge >= 0.3 is 5.97 Å². The van der Waals surface area contributed by atoms with E-state index in [1.807, 2.05) is 31.3 Å². The number of halogens is 1. The number of thioether (sulfide) groups is 1. The molecular weight excluding hydrogens is 318 g/mol. The van der Waals surface area contributed by atoms with Gasteiger partial charge in [-0.05, 0) is 12.1 Å². The Bertz CT molecular complexity index is 585. The summed E-state index contributed by atoms with van der Waals surface area (Å²) in [6, 6.07) is 7.72. The molecular formula is C11H10BrN3O2S. The minimum atomic E-state index is -0.869. The van der Waals surface area contributed by atoms with E-state index >= 15 is 0 Å². The summed E-state index contributed by atoms with van der Waals surface area (Å²) < 4.78 is 2.75. The number of aromatic nitrogens is 3. The van der Waals surface area contributed by atoms with Crippen molar-refractivity contribution in [1.82, 2.24) is 14.8 Å². The SMILES string of the molecule is Cn1c(SCC(=O)O)nnc1-c1cccc(Br)c1. The third-order valence-corrected chi connectivity index (χ3v) is 3.74. The maximum atomic E-state index is 10.5. The van der Waals surface area contributed by atoms with E-state index in [2.05, 4.69) is 26.1 Å². The van der Waals surface area contributed by atoms with Crippen molar-refractivity contribution < 1.29 is 9.90 Å². The third-order valence-electron chi connectivity index (χ3n) is 2.24. The first-order valence-corrected chi connectivity index (χ1v) is 6.85. The predicted molar refractivity (Wildman–Crippen MR) is 72.5 cm³/mol. The van der Waals surface area contributed by atoms with E-state index in [1.54, 1.807) is 4.57 Å². The Morgan fingerprint density at radius 2 is 2.28 bits per heavy atom. The Morgan fingerprint density at radius 1 is 1.50 bits per heavy atom. The van der Waals surface area contributed by atoms with E-state index in [1.165, 1.54) is 0 Å². The molecule has 0 saturated heterocycles. The second-order valence-electron chi connectivity index (χ2n) is 3.56. The molecule has 0 aliphatic rings. The van der Waals surface area contributed by atoms with Crippen molar-refractivity contribution in [2.24, 2.45) is 7.05 Å². The van der Waals surface area contributed by atoms with Gasteiger partial charge in [0.1, 0.15) is 0 Å². The van der Waals surface area contributed by atoms with Crippen LogP contribution in [-0.4, -0.2) is 31.6 Å². The van der Waals surface area contributed by atoms with Crippen molar-refractivity contribution in [3.63, 3.8) is 0 Å². The van der Waals surface area contributed by atoms with E-state index in [4.69, 9.17) is 5.11 Å². The zero-order chi connectivity index (χ0) is 13.1. The summed E-state index contributed by atoms with van der Waals surface area (Å²) in [5, 5.41) is 17.3. The first-order valence-electron chi connectivity index (χ1n) is 5.08. The molecule has 1 N–H and O–H groups in total. The quantitative estimate of drug-likeness (QED) is 0.873. The van der Waals surface area contributed by atoms with Crippen LogP contribution in [0.15, 0.2) is 33.9 Å². The van der Waals surface area contributed by atoms with Gasteiger partial charge in [-0.15, -0.1) is 10.2 Å². The molecule has 1 aromatic heterocycles. The van der Waals surface area contributed by atoms with Crippen LogP contribution >= 0.6 is 27.7 Å². The van der Waals surface area contributed by atoms with Gasteiger partial charge in [0.05, 0.1) is 5.75 Å². The predicted octanol–water partition coefficient (Wildman–Crippen LogP) is 2.42. The highest BCUT2D eigenvalue weighted by Gasteiger charge is 2.12. The van der Waals surface area contributed by atoms with E-state index in [0.717, 1.165) is 21.8 Å². The highest BCUT2D eigenvalue weighted by molar-refractivity contribution is 9.10. The van der Waals surface area contributed by atoms with E-state index < -0.39 is 5.97 Å². The van der Waals surface area contributed by atoms with Gasteiger partial charge in [-0.2, -0.15) is 0 Å². The van der Waals surface area contributed by atoms with Gasteiger partial charge in [0.2, 0.25) is 0 Å². The Labute approximate surface area is 116 Å². The summed E-state index contributed by atoms with van der Waals surface area (Å²) >= 11 is 4.55. The Hall–Kier alpha value is -1.34. The maximum absolute atomic E-state index is 10.5. The molecule has 7 heteroatoms. The lowest BCUT2D eigenvalue weighted by Crippen LogP contribution is -2.00. The Kier molecular flexibility index (Phi) is 4.03. The summed E-state index contributed by atoms with van der Waals surface area (Å²) in [7, 11) is 1.82. The molecule has 94 valence electrons. The van der Waals surface area contributed by atoms with Crippen LogP contribution in [0.5, 0.6) is 0 Å². The zero-order valence-electron chi connectivity index (χ0n) is 9.50. The van der Waals surface area contributed by atoms with Crippen LogP contribution in [0, 0.1) is 0 Å². The van der Waals surface area contributed by atoms with Crippen molar-refractivity contribution >= 4 is 33.7 Å². The molecule has 0 amide bonds. The standard InChI is InChI=1S/C11H10BrN3O2S/c1-15-10(7-3-2-4-8(12)5-7)13-14-11(15)18-6-9(16)17/h2-5H,6H2,1H3,(H,16,17). The number of aliphatic carboxylic acids is 1. The second kappa shape index (κ2) is 5.53. The maximum Gasteiger partial charge on any atom is 0.313 e. The lowest BCUT2D eigenvalue weighted by atomic mass is 10.2. The fourth-order valence-electron chi connectivity index (χ4n) is 1.45. The Balaban J connectivity index is 2.28. The van der Waals surface area contributed by atoms with Crippen molar-refractivity contribution in [2.45, 2.75) is 5.16 Å². The van der Waals surface area contributed by atoms with Crippen molar-refractivity contribution in [2.75, 3.05) is 5.75 Å². The highest BCUT2D eigenvalue weighted by Crippen LogP contribution is 2.24. The van der Waals surface area contributed by atoms with E-state index in [0.29, 0.717) is 11.0 Å². The highest BCUT2D eigenvalue weighted by atomic mass is 79.9. The van der Waals surface area contributed by atoms with Crippen LogP contribution in [-0.2, 0) is 11.8 Å². The largest absolute Gasteiger partial charge is 0.481 e. The van der Waals surface area contributed by atoms with Crippen LogP contribution < -0.4 is 0 Å². The summed E-state index contributed by atoms with van der Waals surface area (Å²) in [5.74, 6) is -0.180. The number of benzene rings is 1. The molecule has 2 rings (SSSR count). The second-order valence-corrected chi connectivity index (χ2v) is 5.42. The number of hydrogen-bond donors (Lipinski definition) is 1. The Morgan fingerprint density at radius 3 is 2.94 bits per heavy atom. The minimum absolute atomic E-state index is 0.0234. The van der Waals surface area contributed by atoms with Gasteiger partial charge in [0, 0.05) is 17.1 Å². The van der Waals surface area contributed by atoms with Crippen LogP contribution in [0.25, 0.3) is 11.4 Å². The topological polar surface area (TPSA) is 68.0 Å². The van der Waals surface area contributed by atoms with Gasteiger partial charge in [0.25, 0.3) is 0 Å². The lowest BCUT2D eigenvalue weighted by Gasteiger charge is -2.03. The van der Waals surface area contributed by atoms with Gasteiger partial charge < -0.3 is 9.67 Å². The number of nitrogens with zero attached hydrogens (tertiary/aromatic N) is 3. The van der Waals surface area contributed by atoms with Gasteiger partial charge in [-0.25, -0.2) is 0 Å². The van der Waals surface area contributed by atoms with Crippen LogP contribution in [0.1, 0.15) is 0 Å². The number of rotatable bonds is 4. The number of carboxylic acid groups (broad SMARTS) is 1. The lowest BCUT2D eigenvalue weighted by molar-refractivity contribution is -0.133. The summed E-state index contributed by atoms with van der Waals surface area (Å²) in [6.07, 6.45) is 0. The molecule has 0 fully saturated rings. The van der Waals surface area contributed by atoms with Crippen LogP contribution in [0.4, 0.5) is 0 Å². The van der Waals surface area contributed by atoms with Crippen molar-refractivity contribution in [1.29, 1.82) is 0 Å². The average molecular weight is 328 g/mol. The zero-order valence-corrected chi connectivity index (χ0v) is 11.9. The number of carbonyl (C=O) groups is 1. The average Bonchev–Trinajstić information content (AvgIpc) is 2.68. The molecule has 18 heavy (non-hydrogen) atoms. The smallest absolute Gasteiger partial charge is 0.313 e. The van der Waals surface area contributed by atoms with E-state index in [-0.39, 0.29) is 5.75 Å². The normalized spacial score (nSPS) is 10.6. The number of hydrogen-bond acceptors (Lipinski definition) is 4. The third kappa shape index (κ3) is 2.91. The summed E-state index contributed by atoms with van der Waals surface area (Å²) in [6.45, 7) is 0. The molecule has 0 saturated carbocycles. The monoisotopic (exact) mass is 327 g/mol. The first kappa shape index (κ1) is 13.1. The summed E-state index contributed by atoms with van der Waals surface area (Å²) in [5.41, 5.74) is 0.932. The van der Waals surface area contributed by atoms with Crippen LogP contribution in [0.3, 0.4) is 0 Å². The van der Waals surface area contributed by atoms with Gasteiger partial charge in [-0.1, -0.05) is 39.8 Å². The molecule has 0 aliphatic carbocycles. The molecule has 0 aliphatic heterocycles. The molecule has 5 nitrogen and oxygen atoms in total. The molecule has 1 heterocycles. The fraction of sp³-hybridized carbons (Fsp3) is 0.182. The fourth-order valence-corrected chi connectivity index (χ4v) is 2.48. The van der Waals surface area contributed by atoms with Crippen LogP contribution in [0.2, 0.25) is 0 Å². The molecule has 0 radical (unpaired) electrons. The molecule has 1 aromatic carbocycles. The molecule has 0 unspecified atom stereocenters. The van der Waals surface area contributed by atoms with E-state index in [9.17, 15) is 4.79 Å². The molecule has 2 aromatic rings. The van der Waals surface area contributed by atoms with Crippen molar-refractivity contribution in [3.05, 3.63) is 28.7 Å². The first-order chi connectivity index (χ1) is 8.58. The summed E-state index contributed by atoms with van der Waals surface area (Å²) in [4.78, 5) is 10.5. The number of carboxylic acids is 1. The van der Waals surface area contributed by atoms with Gasteiger partial charge in [-0.3, -0.25) is 4.79 Å². The van der Waals surface area contributed by atoms with Gasteiger partial charge in [0.15, 0.2) is 11.0 Å². The molecule has 0 spiro atoms. The van der Waals surface area contributed by atoms with Crippen molar-refractivity contribution in [3.8, 4) is 11.4 Å². The molecule has 0 bridgehead atoms. The minimum Gasteiger partial charge on any atom is -0.481 e.